The van der Waals surface area contributed by atoms with Crippen LogP contribution in [0.25, 0.3) is 0 Å². The highest BCUT2D eigenvalue weighted by Crippen LogP contribution is 2.35. The van der Waals surface area contributed by atoms with Crippen LogP contribution >= 0.6 is 0 Å². The number of sulfonamides is 1. The predicted octanol–water partition coefficient (Wildman–Crippen LogP) is -0.285. The monoisotopic (exact) mass is 312 g/mol. The van der Waals surface area contributed by atoms with E-state index >= 15 is 0 Å². The molecule has 1 fully saturated rings. The van der Waals surface area contributed by atoms with E-state index in [1.807, 2.05) is 0 Å². The van der Waals surface area contributed by atoms with E-state index in [-0.39, 0.29) is 23.5 Å². The number of carbonyl (C=O) groups is 1. The predicted molar refractivity (Wildman–Crippen MR) is 73.4 cm³/mol. The van der Waals surface area contributed by atoms with Gasteiger partial charge in [0.25, 0.3) is 0 Å². The summed E-state index contributed by atoms with van der Waals surface area (Å²) in [6, 6.07) is 4.32. The fourth-order valence-corrected chi connectivity index (χ4v) is 3.09. The summed E-state index contributed by atoms with van der Waals surface area (Å²) in [7, 11) is -3.80. The third-order valence-electron chi connectivity index (χ3n) is 3.68. The molecule has 8 heteroatoms. The number of benzene rings is 1. The Hall–Kier alpha value is -1.64. The summed E-state index contributed by atoms with van der Waals surface area (Å²) < 4.78 is 33.5. The summed E-state index contributed by atoms with van der Waals surface area (Å²) in [6.45, 7) is 1.34. The number of nitrogens with one attached hydrogen (secondary N) is 1. The van der Waals surface area contributed by atoms with Gasteiger partial charge in [-0.15, -0.1) is 0 Å². The Labute approximate surface area is 122 Å². The normalized spacial score (nSPS) is 24.4. The van der Waals surface area contributed by atoms with Crippen molar-refractivity contribution in [2.75, 3.05) is 19.8 Å². The topological polar surface area (TPSA) is 108 Å². The van der Waals surface area contributed by atoms with Crippen molar-refractivity contribution in [2.45, 2.75) is 23.3 Å². The number of amides is 1. The number of hydrogen-bond donors (Lipinski definition) is 2. The second kappa shape index (κ2) is 5.28. The summed E-state index contributed by atoms with van der Waals surface area (Å²) >= 11 is 0. The van der Waals surface area contributed by atoms with Crippen molar-refractivity contribution in [3.63, 3.8) is 0 Å². The number of carbonyl (C=O) groups excluding carboxylic acids is 1. The summed E-state index contributed by atoms with van der Waals surface area (Å²) in [6.07, 6.45) is 0.781. The minimum Gasteiger partial charge on any atom is -0.492 e. The lowest BCUT2D eigenvalue weighted by molar-refractivity contribution is -0.123. The lowest BCUT2D eigenvalue weighted by Crippen LogP contribution is -2.38. The molecule has 3 rings (SSSR count). The number of rotatable bonds is 3. The van der Waals surface area contributed by atoms with Crippen LogP contribution in [0.4, 0.5) is 0 Å². The Bertz CT molecular complexity index is 667. The SMILES string of the molecule is NS(=O)(=O)c1ccc2c(c1)C(C(=O)NC1CCOC1)CO2. The molecule has 0 aromatic heterocycles. The smallest absolute Gasteiger partial charge is 0.238 e. The van der Waals surface area contributed by atoms with Crippen LogP contribution in [0.2, 0.25) is 0 Å². The first-order chi connectivity index (χ1) is 9.95. The maximum absolute atomic E-state index is 12.3. The van der Waals surface area contributed by atoms with Gasteiger partial charge < -0.3 is 14.8 Å². The van der Waals surface area contributed by atoms with Crippen LogP contribution in [-0.4, -0.2) is 40.2 Å². The molecular weight excluding hydrogens is 296 g/mol. The van der Waals surface area contributed by atoms with E-state index in [0.717, 1.165) is 6.42 Å². The Balaban J connectivity index is 1.83. The van der Waals surface area contributed by atoms with Gasteiger partial charge in [0, 0.05) is 12.2 Å². The third kappa shape index (κ3) is 2.87. The molecule has 0 saturated carbocycles. The van der Waals surface area contributed by atoms with Crippen LogP contribution in [0, 0.1) is 0 Å². The molecule has 2 atom stereocenters. The van der Waals surface area contributed by atoms with Crippen LogP contribution in [0.3, 0.4) is 0 Å². The zero-order valence-corrected chi connectivity index (χ0v) is 12.1. The fraction of sp³-hybridized carbons (Fsp3) is 0.462. The molecule has 2 unspecified atom stereocenters. The number of fused-ring (bicyclic) bond motifs is 1. The minimum atomic E-state index is -3.80. The molecule has 114 valence electrons. The number of hydrogen-bond acceptors (Lipinski definition) is 5. The lowest BCUT2D eigenvalue weighted by atomic mass is 10.00. The molecule has 0 radical (unpaired) electrons. The molecule has 2 aliphatic rings. The first-order valence-electron chi connectivity index (χ1n) is 6.63. The van der Waals surface area contributed by atoms with Gasteiger partial charge >= 0.3 is 0 Å². The Morgan fingerprint density at radius 3 is 2.81 bits per heavy atom. The molecule has 1 aromatic carbocycles. The summed E-state index contributed by atoms with van der Waals surface area (Å²) in [5, 5.41) is 8.01. The largest absolute Gasteiger partial charge is 0.492 e. The van der Waals surface area contributed by atoms with Gasteiger partial charge in [0.1, 0.15) is 18.3 Å². The number of nitrogens with two attached hydrogens (primary N) is 1. The molecule has 21 heavy (non-hydrogen) atoms. The van der Waals surface area contributed by atoms with E-state index in [1.165, 1.54) is 18.2 Å². The van der Waals surface area contributed by atoms with Crippen molar-refractivity contribution in [1.82, 2.24) is 5.32 Å². The van der Waals surface area contributed by atoms with Gasteiger partial charge in [-0.25, -0.2) is 13.6 Å². The highest BCUT2D eigenvalue weighted by Gasteiger charge is 2.33. The van der Waals surface area contributed by atoms with Crippen LogP contribution in [0.5, 0.6) is 5.75 Å². The summed E-state index contributed by atoms with van der Waals surface area (Å²) in [4.78, 5) is 12.3. The number of primary sulfonamides is 1. The van der Waals surface area contributed by atoms with Crippen molar-refractivity contribution in [2.24, 2.45) is 5.14 Å². The molecule has 1 saturated heterocycles. The molecule has 1 aromatic rings. The molecular formula is C13H16N2O5S. The standard InChI is InChI=1S/C13H16N2O5S/c14-21(17,18)9-1-2-12-10(5-9)11(7-20-12)13(16)15-8-3-4-19-6-8/h1-2,5,8,11H,3-4,6-7H2,(H,15,16)(H2,14,17,18). The van der Waals surface area contributed by atoms with E-state index in [1.54, 1.807) is 0 Å². The third-order valence-corrected chi connectivity index (χ3v) is 4.59. The highest BCUT2D eigenvalue weighted by molar-refractivity contribution is 7.89. The Morgan fingerprint density at radius 2 is 2.14 bits per heavy atom. The molecule has 0 spiro atoms. The zero-order chi connectivity index (χ0) is 15.0. The maximum Gasteiger partial charge on any atom is 0.238 e. The quantitative estimate of drug-likeness (QED) is 0.798. The van der Waals surface area contributed by atoms with Gasteiger partial charge in [-0.3, -0.25) is 4.79 Å². The van der Waals surface area contributed by atoms with E-state index in [9.17, 15) is 13.2 Å². The van der Waals surface area contributed by atoms with Crippen molar-refractivity contribution < 1.29 is 22.7 Å². The van der Waals surface area contributed by atoms with Gasteiger partial charge in [0.2, 0.25) is 15.9 Å². The number of ether oxygens (including phenoxy) is 2. The second-order valence-corrected chi connectivity index (χ2v) is 6.74. The molecule has 0 bridgehead atoms. The van der Waals surface area contributed by atoms with Gasteiger partial charge in [0.05, 0.1) is 17.5 Å². The van der Waals surface area contributed by atoms with E-state index in [2.05, 4.69) is 5.32 Å². The average molecular weight is 312 g/mol. The zero-order valence-electron chi connectivity index (χ0n) is 11.2. The molecule has 2 aliphatic heterocycles. The first kappa shape index (κ1) is 14.3. The van der Waals surface area contributed by atoms with Gasteiger partial charge in [0.15, 0.2) is 0 Å². The highest BCUT2D eigenvalue weighted by atomic mass is 32.2. The van der Waals surface area contributed by atoms with Crippen LogP contribution in [-0.2, 0) is 19.6 Å². The lowest BCUT2D eigenvalue weighted by Gasteiger charge is -2.14. The van der Waals surface area contributed by atoms with E-state index in [4.69, 9.17) is 14.6 Å². The molecule has 0 aliphatic carbocycles. The van der Waals surface area contributed by atoms with Gasteiger partial charge in [-0.1, -0.05) is 0 Å². The van der Waals surface area contributed by atoms with Crippen LogP contribution in [0.1, 0.15) is 17.9 Å². The molecule has 1 amide bonds. The Morgan fingerprint density at radius 1 is 1.33 bits per heavy atom. The van der Waals surface area contributed by atoms with Gasteiger partial charge in [-0.05, 0) is 24.6 Å². The van der Waals surface area contributed by atoms with Crippen molar-refractivity contribution in [1.29, 1.82) is 0 Å². The van der Waals surface area contributed by atoms with Crippen LogP contribution in [0.15, 0.2) is 23.1 Å². The maximum atomic E-state index is 12.3. The summed E-state index contributed by atoms with van der Waals surface area (Å²) in [5.41, 5.74) is 0.554. The van der Waals surface area contributed by atoms with Crippen LogP contribution < -0.4 is 15.2 Å². The first-order valence-corrected chi connectivity index (χ1v) is 8.17. The summed E-state index contributed by atoms with van der Waals surface area (Å²) in [5.74, 6) is -0.191. The minimum absolute atomic E-state index is 0.00275. The van der Waals surface area contributed by atoms with E-state index < -0.39 is 15.9 Å². The van der Waals surface area contributed by atoms with Crippen molar-refractivity contribution in [3.8, 4) is 5.75 Å². The Kier molecular flexibility index (Phi) is 3.60. The second-order valence-electron chi connectivity index (χ2n) is 5.18. The van der Waals surface area contributed by atoms with E-state index in [0.29, 0.717) is 24.5 Å². The average Bonchev–Trinajstić information content (AvgIpc) is 3.05. The molecule has 3 N–H and O–H groups in total. The van der Waals surface area contributed by atoms with Gasteiger partial charge in [-0.2, -0.15) is 0 Å². The molecule has 7 nitrogen and oxygen atoms in total. The van der Waals surface area contributed by atoms with Crippen molar-refractivity contribution in [3.05, 3.63) is 23.8 Å². The fourth-order valence-electron chi connectivity index (χ4n) is 2.54. The van der Waals surface area contributed by atoms with Crippen molar-refractivity contribution >= 4 is 15.9 Å². The molecule has 2 heterocycles.